The Morgan fingerprint density at radius 3 is 2.60 bits per heavy atom. The van der Waals surface area contributed by atoms with Crippen LogP contribution >= 0.6 is 0 Å². The van der Waals surface area contributed by atoms with Crippen molar-refractivity contribution in [2.45, 2.75) is 18.9 Å². The van der Waals surface area contributed by atoms with Gasteiger partial charge in [0.1, 0.15) is 23.5 Å². The summed E-state index contributed by atoms with van der Waals surface area (Å²) in [6.07, 6.45) is 1.99. The summed E-state index contributed by atoms with van der Waals surface area (Å²) in [5.41, 5.74) is 10.2. The lowest BCUT2D eigenvalue weighted by molar-refractivity contribution is 0.120. The molecule has 218 valence electrons. The molecule has 2 saturated heterocycles. The van der Waals surface area contributed by atoms with Gasteiger partial charge >= 0.3 is 6.09 Å². The van der Waals surface area contributed by atoms with Gasteiger partial charge in [-0.2, -0.15) is 5.10 Å². The van der Waals surface area contributed by atoms with E-state index in [9.17, 15) is 9.90 Å². The highest BCUT2D eigenvalue weighted by Crippen LogP contribution is 2.50. The van der Waals surface area contributed by atoms with Gasteiger partial charge in [-0.15, -0.1) is 0 Å². The predicted octanol–water partition coefficient (Wildman–Crippen LogP) is 3.42. The van der Waals surface area contributed by atoms with Crippen molar-refractivity contribution in [3.8, 4) is 22.8 Å². The summed E-state index contributed by atoms with van der Waals surface area (Å²) >= 11 is 0. The number of anilines is 3. The molecule has 2 aromatic heterocycles. The maximum Gasteiger partial charge on any atom is 0.407 e. The van der Waals surface area contributed by atoms with E-state index in [4.69, 9.17) is 20.3 Å². The van der Waals surface area contributed by atoms with Gasteiger partial charge in [-0.1, -0.05) is 18.2 Å². The Hall–Kier alpha value is -4.62. The van der Waals surface area contributed by atoms with Crippen molar-refractivity contribution in [3.05, 3.63) is 48.8 Å². The van der Waals surface area contributed by atoms with Gasteiger partial charge < -0.3 is 30.1 Å². The molecule has 3 aliphatic rings. The number of benzene rings is 2. The summed E-state index contributed by atoms with van der Waals surface area (Å²) in [6, 6.07) is 14.1. The molecule has 0 saturated carbocycles. The topological polar surface area (TPSA) is 138 Å². The molecule has 2 aromatic carbocycles. The van der Waals surface area contributed by atoms with Crippen molar-refractivity contribution in [3.63, 3.8) is 0 Å². The molecular formula is C29H33N9O4. The first kappa shape index (κ1) is 26.3. The van der Waals surface area contributed by atoms with Crippen molar-refractivity contribution in [2.75, 3.05) is 63.9 Å². The summed E-state index contributed by atoms with van der Waals surface area (Å²) in [4.78, 5) is 24.3. The number of piperidine rings is 1. The normalized spacial score (nSPS) is 19.4. The second-order valence-corrected chi connectivity index (χ2v) is 10.9. The maximum absolute atomic E-state index is 11.7. The first-order chi connectivity index (χ1) is 20.5. The van der Waals surface area contributed by atoms with Gasteiger partial charge in [0.05, 0.1) is 17.1 Å². The Morgan fingerprint density at radius 2 is 1.81 bits per heavy atom. The lowest BCUT2D eigenvalue weighted by atomic mass is 10.1. The first-order valence-electron chi connectivity index (χ1n) is 14.2. The quantitative estimate of drug-likeness (QED) is 0.364. The van der Waals surface area contributed by atoms with Crippen LogP contribution in [0.1, 0.15) is 18.9 Å². The second kappa shape index (κ2) is 10.7. The Kier molecular flexibility index (Phi) is 6.67. The van der Waals surface area contributed by atoms with E-state index >= 15 is 0 Å². The van der Waals surface area contributed by atoms with Crippen LogP contribution in [-0.4, -0.2) is 98.9 Å². The number of piperazine rings is 1. The van der Waals surface area contributed by atoms with Crippen molar-refractivity contribution < 1.29 is 19.4 Å². The fourth-order valence-corrected chi connectivity index (χ4v) is 6.12. The van der Waals surface area contributed by atoms with E-state index in [1.54, 1.807) is 4.68 Å². The molecule has 0 radical (unpaired) electrons. The van der Waals surface area contributed by atoms with E-state index in [1.165, 1.54) is 11.2 Å². The molecule has 2 fully saturated rings. The van der Waals surface area contributed by atoms with Crippen LogP contribution in [0.15, 0.2) is 48.8 Å². The average Bonchev–Trinajstić information content (AvgIpc) is 3.66. The van der Waals surface area contributed by atoms with Gasteiger partial charge in [-0.05, 0) is 44.2 Å². The van der Waals surface area contributed by atoms with Crippen LogP contribution < -0.4 is 20.2 Å². The highest BCUT2D eigenvalue weighted by atomic mass is 16.7. The first-order valence-corrected chi connectivity index (χ1v) is 14.2. The number of likely N-dealkylation sites (tertiary alicyclic amines) is 1. The van der Waals surface area contributed by atoms with E-state index in [0.717, 1.165) is 50.4 Å². The number of nitrogens with two attached hydrogens (primary N) is 1. The fraction of sp³-hybridized carbons (Fsp3) is 0.379. The van der Waals surface area contributed by atoms with E-state index in [1.807, 2.05) is 30.3 Å². The number of para-hydroxylation sites is 1. The number of nitrogen functional groups attached to an aromatic ring is 1. The number of fused-ring (bicyclic) bond motifs is 2. The summed E-state index contributed by atoms with van der Waals surface area (Å²) in [5.74, 6) is 1.50. The number of amides is 1. The van der Waals surface area contributed by atoms with Gasteiger partial charge in [0.15, 0.2) is 17.1 Å². The minimum Gasteiger partial charge on any atom is -0.465 e. The summed E-state index contributed by atoms with van der Waals surface area (Å²) in [7, 11) is 2.14. The Balaban J connectivity index is 1.35. The minimum atomic E-state index is -0.937. The third-order valence-electron chi connectivity index (χ3n) is 8.28. The fourth-order valence-electron chi connectivity index (χ4n) is 6.12. The highest BCUT2D eigenvalue weighted by Gasteiger charge is 2.34. The number of hydrogen-bond acceptors (Lipinski definition) is 10. The molecule has 1 amide bonds. The van der Waals surface area contributed by atoms with Crippen molar-refractivity contribution in [1.29, 1.82) is 0 Å². The van der Waals surface area contributed by atoms with Crippen molar-refractivity contribution >= 4 is 34.3 Å². The zero-order valence-electron chi connectivity index (χ0n) is 23.4. The predicted molar refractivity (Wildman–Crippen MR) is 157 cm³/mol. The molecule has 3 aliphatic heterocycles. The molecule has 13 heteroatoms. The molecule has 13 nitrogen and oxygen atoms in total. The second-order valence-electron chi connectivity index (χ2n) is 10.9. The van der Waals surface area contributed by atoms with E-state index in [-0.39, 0.29) is 12.8 Å². The molecule has 0 bridgehead atoms. The smallest absolute Gasteiger partial charge is 0.407 e. The number of hydrazine groups is 1. The van der Waals surface area contributed by atoms with Crippen LogP contribution in [0.25, 0.3) is 22.3 Å². The molecule has 5 heterocycles. The zero-order valence-corrected chi connectivity index (χ0v) is 23.4. The maximum atomic E-state index is 11.7. The number of nitrogens with zero attached hydrogens (tertiary/aromatic N) is 8. The highest BCUT2D eigenvalue weighted by molar-refractivity contribution is 6.00. The lowest BCUT2D eigenvalue weighted by Crippen LogP contribution is -2.51. The standard InChI is InChI=1S/C29H33N9O4/c1-34-12-14-36(15-13-34)38(19-6-3-2-4-7-19)22-10-9-21(25-26(22)42-18-41-25)24-23-27(30)31-17-32-28(23)37(33-24)20-8-5-11-35(16-20)29(39)40/h2-4,6-7,9-10,17,20H,5,8,11-16,18H2,1H3,(H,39,40)(H2,30,31,32). The molecule has 7 rings (SSSR count). The number of ether oxygens (including phenoxy) is 2. The number of hydrogen-bond donors (Lipinski definition) is 2. The van der Waals surface area contributed by atoms with E-state index in [0.29, 0.717) is 52.7 Å². The summed E-state index contributed by atoms with van der Waals surface area (Å²) in [6.45, 7) is 4.52. The van der Waals surface area contributed by atoms with Crippen LogP contribution in [0.2, 0.25) is 0 Å². The van der Waals surface area contributed by atoms with Crippen LogP contribution in [0.4, 0.5) is 22.0 Å². The van der Waals surface area contributed by atoms with Crippen molar-refractivity contribution in [1.82, 2.24) is 34.6 Å². The lowest BCUT2D eigenvalue weighted by Gasteiger charge is -2.41. The molecule has 3 N–H and O–H groups in total. The monoisotopic (exact) mass is 571 g/mol. The molecule has 1 atom stereocenters. The molecular weight excluding hydrogens is 538 g/mol. The van der Waals surface area contributed by atoms with Crippen molar-refractivity contribution in [2.24, 2.45) is 0 Å². The number of carboxylic acid groups (broad SMARTS) is 1. The van der Waals surface area contributed by atoms with Gasteiger partial charge in [-0.25, -0.2) is 24.5 Å². The Morgan fingerprint density at radius 1 is 1.02 bits per heavy atom. The minimum absolute atomic E-state index is 0.0749. The van der Waals surface area contributed by atoms with Crippen LogP contribution in [0.3, 0.4) is 0 Å². The van der Waals surface area contributed by atoms with Gasteiger partial charge in [0.2, 0.25) is 6.79 Å². The van der Waals surface area contributed by atoms with Gasteiger partial charge in [0, 0.05) is 44.8 Å². The van der Waals surface area contributed by atoms with Crippen LogP contribution in [-0.2, 0) is 0 Å². The largest absolute Gasteiger partial charge is 0.465 e. The number of aromatic nitrogens is 4. The molecule has 0 spiro atoms. The van der Waals surface area contributed by atoms with Gasteiger partial charge in [0.25, 0.3) is 0 Å². The summed E-state index contributed by atoms with van der Waals surface area (Å²) in [5, 5.41) is 19.8. The molecule has 1 unspecified atom stereocenters. The third kappa shape index (κ3) is 4.50. The molecule has 42 heavy (non-hydrogen) atoms. The number of likely N-dealkylation sites (N-methyl/N-ethyl adjacent to an activating group) is 1. The molecule has 4 aromatic rings. The number of carbonyl (C=O) groups is 1. The average molecular weight is 572 g/mol. The zero-order chi connectivity index (χ0) is 28.8. The molecule has 0 aliphatic carbocycles. The van der Waals surface area contributed by atoms with Gasteiger partial charge in [-0.3, -0.25) is 5.01 Å². The van der Waals surface area contributed by atoms with E-state index in [2.05, 4.69) is 44.1 Å². The Labute approximate surface area is 242 Å². The van der Waals surface area contributed by atoms with Crippen LogP contribution in [0, 0.1) is 0 Å². The number of rotatable bonds is 5. The van der Waals surface area contributed by atoms with E-state index < -0.39 is 6.09 Å². The van der Waals surface area contributed by atoms with Crippen LogP contribution in [0.5, 0.6) is 11.5 Å². The Bertz CT molecular complexity index is 1620. The summed E-state index contributed by atoms with van der Waals surface area (Å²) < 4.78 is 14.1. The SMILES string of the molecule is CN1CCN(N(c2ccccc2)c2ccc(-c3nn(C4CCCN(C(=O)O)C4)c4ncnc(N)c34)c3c2OCO3)CC1. The third-order valence-corrected chi connectivity index (χ3v) is 8.28.